The topological polar surface area (TPSA) is 20.3 Å². The first-order valence-corrected chi connectivity index (χ1v) is 5.99. The minimum Gasteiger partial charge on any atom is -0.314 e. The summed E-state index contributed by atoms with van der Waals surface area (Å²) in [7, 11) is 1.92. The highest BCUT2D eigenvalue weighted by atomic mass is 16.2. The number of anilines is 1. The Kier molecular flexibility index (Phi) is 1.78. The number of carbonyl (C=O) groups is 1. The first-order valence-electron chi connectivity index (χ1n) is 5.99. The minimum atomic E-state index is -0.130. The zero-order chi connectivity index (χ0) is 11.5. The van der Waals surface area contributed by atoms with E-state index in [4.69, 9.17) is 0 Å². The number of amides is 1. The highest BCUT2D eigenvalue weighted by Crippen LogP contribution is 2.58. The van der Waals surface area contributed by atoms with Gasteiger partial charge in [0, 0.05) is 7.05 Å². The van der Waals surface area contributed by atoms with Crippen LogP contribution in [0.15, 0.2) is 18.2 Å². The second-order valence-corrected chi connectivity index (χ2v) is 5.34. The molecule has 0 bridgehead atoms. The molecule has 1 aliphatic heterocycles. The lowest BCUT2D eigenvalue weighted by Gasteiger charge is -2.17. The number of likely N-dealkylation sites (N-methyl/N-ethyl adjacent to an activating group) is 1. The fourth-order valence-electron chi connectivity index (χ4n) is 2.93. The lowest BCUT2D eigenvalue weighted by atomic mass is 9.92. The normalized spacial score (nSPS) is 20.8. The maximum absolute atomic E-state index is 12.2. The molecule has 1 heterocycles. The fourth-order valence-corrected chi connectivity index (χ4v) is 2.93. The van der Waals surface area contributed by atoms with Crippen LogP contribution < -0.4 is 4.90 Å². The molecule has 1 aromatic carbocycles. The first kappa shape index (κ1) is 9.88. The predicted molar refractivity (Wildman–Crippen MR) is 64.9 cm³/mol. The second-order valence-electron chi connectivity index (χ2n) is 5.34. The summed E-state index contributed by atoms with van der Waals surface area (Å²) in [5.41, 5.74) is 3.62. The molecule has 1 fully saturated rings. The summed E-state index contributed by atoms with van der Waals surface area (Å²) < 4.78 is 0. The predicted octanol–water partition coefficient (Wildman–Crippen LogP) is 2.82. The van der Waals surface area contributed by atoms with Gasteiger partial charge in [0.15, 0.2) is 0 Å². The maximum atomic E-state index is 12.2. The Morgan fingerprint density at radius 3 is 2.56 bits per heavy atom. The summed E-state index contributed by atoms with van der Waals surface area (Å²) in [5.74, 6) is 0.773. The van der Waals surface area contributed by atoms with Crippen molar-refractivity contribution in [2.24, 2.45) is 0 Å². The largest absolute Gasteiger partial charge is 0.314 e. The molecule has 84 valence electrons. The molecule has 0 unspecified atom stereocenters. The van der Waals surface area contributed by atoms with E-state index >= 15 is 0 Å². The Hall–Kier alpha value is -1.31. The first-order chi connectivity index (χ1) is 7.58. The van der Waals surface area contributed by atoms with Crippen LogP contribution in [0, 0.1) is 0 Å². The molecule has 1 saturated carbocycles. The molecule has 16 heavy (non-hydrogen) atoms. The van der Waals surface area contributed by atoms with Crippen LogP contribution in [0.25, 0.3) is 0 Å². The van der Waals surface area contributed by atoms with Gasteiger partial charge in [0.1, 0.15) is 0 Å². The number of para-hydroxylation sites is 1. The molecule has 3 rings (SSSR count). The van der Waals surface area contributed by atoms with Crippen molar-refractivity contribution in [3.63, 3.8) is 0 Å². The molecule has 2 heteroatoms. The van der Waals surface area contributed by atoms with Crippen molar-refractivity contribution >= 4 is 11.6 Å². The molecule has 1 spiro atoms. The van der Waals surface area contributed by atoms with E-state index in [0.29, 0.717) is 11.8 Å². The molecule has 2 aliphatic rings. The summed E-state index contributed by atoms with van der Waals surface area (Å²) in [5, 5.41) is 0. The lowest BCUT2D eigenvalue weighted by molar-refractivity contribution is -0.119. The number of hydrogen-bond acceptors (Lipinski definition) is 1. The molecule has 0 N–H and O–H groups in total. The number of benzene rings is 1. The Morgan fingerprint density at radius 1 is 1.31 bits per heavy atom. The van der Waals surface area contributed by atoms with Crippen LogP contribution in [-0.2, 0) is 10.2 Å². The van der Waals surface area contributed by atoms with Crippen molar-refractivity contribution in [1.82, 2.24) is 0 Å². The highest BCUT2D eigenvalue weighted by Gasteiger charge is 2.58. The van der Waals surface area contributed by atoms with Gasteiger partial charge in [-0.25, -0.2) is 0 Å². The smallest absolute Gasteiger partial charge is 0.237 e. The van der Waals surface area contributed by atoms with E-state index in [9.17, 15) is 4.79 Å². The molecule has 1 aliphatic carbocycles. The van der Waals surface area contributed by atoms with Gasteiger partial charge in [-0.2, -0.15) is 0 Å². The highest BCUT2D eigenvalue weighted by molar-refractivity contribution is 6.10. The number of rotatable bonds is 1. The van der Waals surface area contributed by atoms with Gasteiger partial charge < -0.3 is 4.90 Å². The van der Waals surface area contributed by atoms with Crippen LogP contribution in [0.1, 0.15) is 43.7 Å². The Labute approximate surface area is 96.3 Å². The maximum Gasteiger partial charge on any atom is 0.237 e. The number of carbonyl (C=O) groups excluding carboxylic acids is 1. The molecule has 0 atom stereocenters. The Balaban J connectivity index is 2.25. The van der Waals surface area contributed by atoms with Crippen molar-refractivity contribution in [1.29, 1.82) is 0 Å². The summed E-state index contributed by atoms with van der Waals surface area (Å²) >= 11 is 0. The zero-order valence-corrected chi connectivity index (χ0v) is 10.1. The monoisotopic (exact) mass is 215 g/mol. The molecular formula is C14H17NO. The number of nitrogens with zero attached hydrogens (tertiary/aromatic N) is 1. The van der Waals surface area contributed by atoms with E-state index in [0.717, 1.165) is 12.8 Å². The fraction of sp³-hybridized carbons (Fsp3) is 0.500. The van der Waals surface area contributed by atoms with Crippen molar-refractivity contribution in [2.45, 2.75) is 38.0 Å². The van der Waals surface area contributed by atoms with Crippen LogP contribution in [0.4, 0.5) is 5.69 Å². The van der Waals surface area contributed by atoms with E-state index < -0.39 is 0 Å². The summed E-state index contributed by atoms with van der Waals surface area (Å²) in [6.45, 7) is 4.37. The van der Waals surface area contributed by atoms with E-state index in [1.54, 1.807) is 0 Å². The molecule has 2 nitrogen and oxygen atoms in total. The standard InChI is InChI=1S/C14H17NO/c1-9(2)10-5-4-6-11-12(10)15(3)13(16)14(11)7-8-14/h4-6,9H,7-8H2,1-3H3. The van der Waals surface area contributed by atoms with Crippen molar-refractivity contribution in [3.8, 4) is 0 Å². The number of fused-ring (bicyclic) bond motifs is 2. The van der Waals surface area contributed by atoms with E-state index in [1.807, 2.05) is 11.9 Å². The molecule has 0 aromatic heterocycles. The van der Waals surface area contributed by atoms with Crippen LogP contribution in [0.3, 0.4) is 0 Å². The van der Waals surface area contributed by atoms with E-state index in [2.05, 4.69) is 32.0 Å². The van der Waals surface area contributed by atoms with Gasteiger partial charge in [0.25, 0.3) is 0 Å². The SMILES string of the molecule is CC(C)c1cccc2c1N(C)C(=O)C21CC1. The van der Waals surface area contributed by atoms with Gasteiger partial charge in [-0.05, 0) is 29.9 Å². The van der Waals surface area contributed by atoms with Crippen molar-refractivity contribution < 1.29 is 4.79 Å². The quantitative estimate of drug-likeness (QED) is 0.705. The van der Waals surface area contributed by atoms with Gasteiger partial charge in [0.05, 0.1) is 11.1 Å². The van der Waals surface area contributed by atoms with Crippen LogP contribution in [0.2, 0.25) is 0 Å². The summed E-state index contributed by atoms with van der Waals surface area (Å²) in [6.07, 6.45) is 2.06. The molecule has 0 saturated heterocycles. The minimum absolute atomic E-state index is 0.130. The van der Waals surface area contributed by atoms with Crippen molar-refractivity contribution in [3.05, 3.63) is 29.3 Å². The molecule has 0 radical (unpaired) electrons. The average molecular weight is 215 g/mol. The summed E-state index contributed by atoms with van der Waals surface area (Å²) in [6, 6.07) is 6.38. The Morgan fingerprint density at radius 2 is 2.00 bits per heavy atom. The molecule has 1 amide bonds. The van der Waals surface area contributed by atoms with Crippen LogP contribution in [0.5, 0.6) is 0 Å². The van der Waals surface area contributed by atoms with Crippen molar-refractivity contribution in [2.75, 3.05) is 11.9 Å². The number of hydrogen-bond donors (Lipinski definition) is 0. The van der Waals surface area contributed by atoms with E-state index in [-0.39, 0.29) is 5.41 Å². The Bertz CT molecular complexity index is 472. The molecular weight excluding hydrogens is 198 g/mol. The van der Waals surface area contributed by atoms with Gasteiger partial charge in [-0.1, -0.05) is 32.0 Å². The molecule has 1 aromatic rings. The van der Waals surface area contributed by atoms with Gasteiger partial charge in [-0.15, -0.1) is 0 Å². The third kappa shape index (κ3) is 0.998. The second kappa shape index (κ2) is 2.88. The average Bonchev–Trinajstić information content (AvgIpc) is 3.03. The van der Waals surface area contributed by atoms with E-state index in [1.165, 1.54) is 16.8 Å². The van der Waals surface area contributed by atoms with Crippen LogP contribution >= 0.6 is 0 Å². The zero-order valence-electron chi connectivity index (χ0n) is 10.1. The van der Waals surface area contributed by atoms with Gasteiger partial charge in [0.2, 0.25) is 5.91 Å². The summed E-state index contributed by atoms with van der Waals surface area (Å²) in [4.78, 5) is 14.1. The lowest BCUT2D eigenvalue weighted by Crippen LogP contribution is -2.28. The third-order valence-electron chi connectivity index (χ3n) is 4.00. The van der Waals surface area contributed by atoms with Gasteiger partial charge >= 0.3 is 0 Å². The van der Waals surface area contributed by atoms with Crippen LogP contribution in [-0.4, -0.2) is 13.0 Å². The third-order valence-corrected chi connectivity index (χ3v) is 4.00. The van der Waals surface area contributed by atoms with Gasteiger partial charge in [-0.3, -0.25) is 4.79 Å².